The molecule has 0 aromatic heterocycles. The number of fused-ring (bicyclic) bond motifs is 1. The van der Waals surface area contributed by atoms with Crippen LogP contribution in [0.15, 0.2) is 0 Å². The maximum atomic E-state index is 13.2. The van der Waals surface area contributed by atoms with E-state index in [4.69, 9.17) is 0 Å². The van der Waals surface area contributed by atoms with Crippen molar-refractivity contribution >= 4 is 11.6 Å². The molecule has 8 atom stereocenters. The molecule has 126 valence electrons. The number of Topliss-reactive ketones (excluding diaryl/α,β-unsaturated/α-hetero) is 2. The fourth-order valence-electron chi connectivity index (χ4n) is 8.34. The van der Waals surface area contributed by atoms with Gasteiger partial charge in [-0.15, -0.1) is 0 Å². The predicted octanol–water partition coefficient (Wildman–Crippen LogP) is 2.99. The Morgan fingerprint density at radius 3 is 2.35 bits per heavy atom. The van der Waals surface area contributed by atoms with Crippen LogP contribution in [0.1, 0.15) is 59.8 Å². The quantitative estimate of drug-likeness (QED) is 0.747. The number of aliphatic hydroxyl groups excluding tert-OH is 1. The summed E-state index contributed by atoms with van der Waals surface area (Å²) in [4.78, 5) is 25.7. The van der Waals surface area contributed by atoms with Gasteiger partial charge >= 0.3 is 0 Å². The van der Waals surface area contributed by atoms with Gasteiger partial charge in [-0.2, -0.15) is 0 Å². The number of carbonyl (C=O) groups is 2. The zero-order chi connectivity index (χ0) is 16.6. The van der Waals surface area contributed by atoms with Gasteiger partial charge in [0.1, 0.15) is 11.6 Å². The molecule has 0 aromatic rings. The van der Waals surface area contributed by atoms with E-state index in [1.54, 1.807) is 0 Å². The molecule has 23 heavy (non-hydrogen) atoms. The number of rotatable bonds is 0. The number of hydrogen-bond acceptors (Lipinski definition) is 3. The minimum atomic E-state index is -0.490. The van der Waals surface area contributed by atoms with Crippen molar-refractivity contribution in [3.8, 4) is 0 Å². The third-order valence-corrected chi connectivity index (χ3v) is 9.61. The van der Waals surface area contributed by atoms with Gasteiger partial charge in [0.2, 0.25) is 0 Å². The molecule has 0 radical (unpaired) electrons. The molecule has 1 unspecified atom stereocenters. The maximum Gasteiger partial charge on any atom is 0.145 e. The third kappa shape index (κ3) is 1.20. The Morgan fingerprint density at radius 1 is 1.04 bits per heavy atom. The summed E-state index contributed by atoms with van der Waals surface area (Å²) in [6.07, 6.45) is 3.91. The minimum absolute atomic E-state index is 0.0290. The van der Waals surface area contributed by atoms with Crippen molar-refractivity contribution in [3.63, 3.8) is 0 Å². The van der Waals surface area contributed by atoms with E-state index in [9.17, 15) is 14.7 Å². The largest absolute Gasteiger partial charge is 0.391 e. The first-order valence-electron chi connectivity index (χ1n) is 9.38. The van der Waals surface area contributed by atoms with E-state index < -0.39 is 11.5 Å². The number of hydrogen-bond donors (Lipinski definition) is 1. The first kappa shape index (κ1) is 14.6. The average Bonchev–Trinajstić information content (AvgIpc) is 3.07. The Balaban J connectivity index is 1.64. The molecular weight excluding hydrogens is 288 g/mol. The van der Waals surface area contributed by atoms with Crippen LogP contribution >= 0.6 is 0 Å². The second-order valence-electron chi connectivity index (χ2n) is 10.3. The summed E-state index contributed by atoms with van der Waals surface area (Å²) in [6.45, 7) is 8.69. The van der Waals surface area contributed by atoms with Crippen molar-refractivity contribution in [2.45, 2.75) is 65.9 Å². The Kier molecular flexibility index (Phi) is 2.30. The van der Waals surface area contributed by atoms with Gasteiger partial charge in [-0.1, -0.05) is 27.7 Å². The molecule has 6 aliphatic carbocycles. The second kappa shape index (κ2) is 3.61. The highest BCUT2D eigenvalue weighted by molar-refractivity contribution is 5.97. The lowest BCUT2D eigenvalue weighted by atomic mass is 9.39. The van der Waals surface area contributed by atoms with Crippen LogP contribution in [0.2, 0.25) is 0 Å². The van der Waals surface area contributed by atoms with Crippen molar-refractivity contribution < 1.29 is 14.7 Å². The van der Waals surface area contributed by atoms with Crippen LogP contribution in [-0.4, -0.2) is 22.8 Å². The van der Waals surface area contributed by atoms with E-state index in [1.165, 1.54) is 0 Å². The Hall–Kier alpha value is -0.700. The highest BCUT2D eigenvalue weighted by atomic mass is 16.3. The fraction of sp³-hybridized carbons (Fsp3) is 0.900. The minimum Gasteiger partial charge on any atom is -0.391 e. The van der Waals surface area contributed by atoms with Crippen molar-refractivity contribution in [3.05, 3.63) is 0 Å². The van der Waals surface area contributed by atoms with E-state index in [2.05, 4.69) is 27.7 Å². The highest BCUT2D eigenvalue weighted by Gasteiger charge is 2.87. The molecule has 6 aliphatic rings. The molecule has 1 N–H and O–H groups in total. The van der Waals surface area contributed by atoms with Crippen LogP contribution in [0.3, 0.4) is 0 Å². The lowest BCUT2D eigenvalue weighted by molar-refractivity contribution is -0.199. The summed E-state index contributed by atoms with van der Waals surface area (Å²) in [5, 5.41) is 11.1. The molecule has 0 amide bonds. The molecule has 0 heterocycles. The van der Waals surface area contributed by atoms with Crippen molar-refractivity contribution in [1.29, 1.82) is 0 Å². The fourth-order valence-corrected chi connectivity index (χ4v) is 8.34. The van der Waals surface area contributed by atoms with Crippen LogP contribution in [0.4, 0.5) is 0 Å². The first-order valence-corrected chi connectivity index (χ1v) is 9.38. The van der Waals surface area contributed by atoms with Gasteiger partial charge in [0.05, 0.1) is 11.5 Å². The molecule has 6 fully saturated rings. The van der Waals surface area contributed by atoms with Gasteiger partial charge in [-0.05, 0) is 48.9 Å². The molecular formula is C20H28O3. The Bertz CT molecular complexity index is 651. The molecule has 6 rings (SSSR count). The van der Waals surface area contributed by atoms with E-state index in [-0.39, 0.29) is 28.1 Å². The van der Waals surface area contributed by atoms with Gasteiger partial charge in [0.15, 0.2) is 0 Å². The summed E-state index contributed by atoms with van der Waals surface area (Å²) in [7, 11) is 0. The van der Waals surface area contributed by atoms with E-state index >= 15 is 0 Å². The van der Waals surface area contributed by atoms with Gasteiger partial charge < -0.3 is 5.11 Å². The zero-order valence-electron chi connectivity index (χ0n) is 14.7. The topological polar surface area (TPSA) is 54.4 Å². The summed E-state index contributed by atoms with van der Waals surface area (Å²) in [5.74, 6) is 1.93. The molecule has 3 nitrogen and oxygen atoms in total. The van der Waals surface area contributed by atoms with E-state index in [0.29, 0.717) is 29.8 Å². The van der Waals surface area contributed by atoms with Gasteiger partial charge in [0.25, 0.3) is 0 Å². The number of carbonyl (C=O) groups excluding carboxylic acids is 2. The molecule has 1 spiro atoms. The number of ketones is 2. The van der Waals surface area contributed by atoms with Crippen LogP contribution in [0.5, 0.6) is 0 Å². The zero-order valence-corrected chi connectivity index (χ0v) is 14.7. The first-order chi connectivity index (χ1) is 10.6. The van der Waals surface area contributed by atoms with Crippen molar-refractivity contribution in [2.24, 2.45) is 45.3 Å². The summed E-state index contributed by atoms with van der Waals surface area (Å²) >= 11 is 0. The van der Waals surface area contributed by atoms with Crippen LogP contribution in [-0.2, 0) is 9.59 Å². The third-order valence-electron chi connectivity index (χ3n) is 9.61. The lowest BCUT2D eigenvalue weighted by Crippen LogP contribution is -2.65. The predicted molar refractivity (Wildman–Crippen MR) is 85.5 cm³/mol. The van der Waals surface area contributed by atoms with Gasteiger partial charge in [-0.25, -0.2) is 0 Å². The summed E-state index contributed by atoms with van der Waals surface area (Å²) in [6, 6.07) is 0. The standard InChI is InChI=1S/C20H28O3/c1-17(2)11-5-8-20-12(18(11,3)7-6-13(17)21)9-10-14(15(20)22)19(10,4)16(20)23/h10-12,14,16,23H,5-9H2,1-4H3/t10-,11-,12+,14?,16-,18-,19-,20+/m1/s1. The summed E-state index contributed by atoms with van der Waals surface area (Å²) < 4.78 is 0. The molecule has 0 saturated heterocycles. The monoisotopic (exact) mass is 316 g/mol. The smallest absolute Gasteiger partial charge is 0.145 e. The maximum absolute atomic E-state index is 13.2. The van der Waals surface area contributed by atoms with Crippen LogP contribution < -0.4 is 0 Å². The van der Waals surface area contributed by atoms with Gasteiger partial charge in [0, 0.05) is 23.2 Å². The molecule has 6 saturated carbocycles. The Morgan fingerprint density at radius 2 is 1.74 bits per heavy atom. The van der Waals surface area contributed by atoms with Crippen LogP contribution in [0, 0.1) is 45.3 Å². The number of aliphatic hydroxyl groups is 1. The lowest BCUT2D eigenvalue weighted by Gasteiger charge is -2.64. The highest BCUT2D eigenvalue weighted by Crippen LogP contribution is 2.83. The van der Waals surface area contributed by atoms with Crippen molar-refractivity contribution in [1.82, 2.24) is 0 Å². The molecule has 0 aromatic carbocycles. The molecule has 0 aliphatic heterocycles. The SMILES string of the molecule is CC1(C)C(=O)CC[C@]2(C)[C@@H]1CC[C@@]13C(=O)C4[C@@H](C[C@@H]21)[C@@]4(C)[C@H]3O. The Labute approximate surface area is 138 Å². The van der Waals surface area contributed by atoms with E-state index in [0.717, 1.165) is 25.7 Å². The molecule has 3 heteroatoms. The van der Waals surface area contributed by atoms with Crippen molar-refractivity contribution in [2.75, 3.05) is 0 Å². The van der Waals surface area contributed by atoms with Gasteiger partial charge in [-0.3, -0.25) is 9.59 Å². The molecule has 4 bridgehead atoms. The average molecular weight is 316 g/mol. The van der Waals surface area contributed by atoms with E-state index in [1.807, 2.05) is 0 Å². The normalized spacial score (nSPS) is 61.9. The summed E-state index contributed by atoms with van der Waals surface area (Å²) in [5.41, 5.74) is -0.871. The second-order valence-corrected chi connectivity index (χ2v) is 10.3. The van der Waals surface area contributed by atoms with Crippen LogP contribution in [0.25, 0.3) is 0 Å².